The van der Waals surface area contributed by atoms with Crippen molar-refractivity contribution in [1.82, 2.24) is 10.3 Å². The maximum Gasteiger partial charge on any atom is 0.573 e. The van der Waals surface area contributed by atoms with E-state index in [1.165, 1.54) is 31.4 Å². The zero-order valence-electron chi connectivity index (χ0n) is 13.6. The monoisotopic (exact) mass is 367 g/mol. The minimum atomic E-state index is -4.78. The summed E-state index contributed by atoms with van der Waals surface area (Å²) in [6, 6.07) is 6.42. The number of hydrogen-bond donors (Lipinski definition) is 4. The Morgan fingerprint density at radius 1 is 1.27 bits per heavy atom. The average Bonchev–Trinajstić information content (AvgIpc) is 2.60. The van der Waals surface area contributed by atoms with Crippen molar-refractivity contribution in [2.45, 2.75) is 6.36 Å². The third-order valence-electron chi connectivity index (χ3n) is 3.28. The molecule has 2 rings (SSSR count). The minimum Gasteiger partial charge on any atom is -0.406 e. The molecule has 0 spiro atoms. The van der Waals surface area contributed by atoms with E-state index in [1.54, 1.807) is 0 Å². The third-order valence-corrected chi connectivity index (χ3v) is 3.28. The molecule has 0 atom stereocenters. The van der Waals surface area contributed by atoms with E-state index in [-0.39, 0.29) is 35.0 Å². The van der Waals surface area contributed by atoms with Crippen LogP contribution < -0.4 is 21.1 Å². The van der Waals surface area contributed by atoms with Crippen LogP contribution in [0.1, 0.15) is 15.9 Å². The predicted molar refractivity (Wildman–Crippen MR) is 89.9 cm³/mol. The summed E-state index contributed by atoms with van der Waals surface area (Å²) < 4.78 is 40.4. The predicted octanol–water partition coefficient (Wildman–Crippen LogP) is 2.41. The second kappa shape index (κ2) is 7.83. The number of halogens is 3. The van der Waals surface area contributed by atoms with Crippen molar-refractivity contribution >= 4 is 23.1 Å². The number of rotatable bonds is 6. The molecule has 0 unspecified atom stereocenters. The highest BCUT2D eigenvalue weighted by molar-refractivity contribution is 6.12. The van der Waals surface area contributed by atoms with Gasteiger partial charge >= 0.3 is 6.36 Å². The lowest BCUT2D eigenvalue weighted by Gasteiger charge is -2.15. The number of carbonyl (C=O) groups excluding carboxylic acids is 1. The van der Waals surface area contributed by atoms with Gasteiger partial charge in [0.15, 0.2) is 0 Å². The van der Waals surface area contributed by atoms with Crippen LogP contribution in [0.25, 0.3) is 0 Å². The van der Waals surface area contributed by atoms with Gasteiger partial charge in [0, 0.05) is 25.5 Å². The van der Waals surface area contributed by atoms with Crippen molar-refractivity contribution in [3.05, 3.63) is 47.7 Å². The molecule has 7 nitrogen and oxygen atoms in total. The molecule has 0 bridgehead atoms. The van der Waals surface area contributed by atoms with Gasteiger partial charge in [-0.3, -0.25) is 4.79 Å². The van der Waals surface area contributed by atoms with Crippen LogP contribution in [-0.2, 0) is 0 Å². The molecular weight excluding hydrogens is 351 g/mol. The number of benzene rings is 1. The Balaban J connectivity index is 2.34. The minimum absolute atomic E-state index is 0.0174. The van der Waals surface area contributed by atoms with Crippen molar-refractivity contribution in [3.8, 4) is 5.75 Å². The number of aromatic nitrogens is 1. The van der Waals surface area contributed by atoms with Gasteiger partial charge < -0.3 is 26.5 Å². The summed E-state index contributed by atoms with van der Waals surface area (Å²) in [4.78, 5) is 16.1. The molecule has 1 aromatic heterocycles. The standard InChI is InChI=1S/C16H16F3N5O2/c1-22-15(25)11-6-7-23-14(13(11)12(21)8-20)24-9-2-4-10(5-3-9)26-16(17,18)19/h2-7,21H,8,20H2,1H3,(H,22,25)(H,23,24). The molecule has 10 heteroatoms. The number of anilines is 2. The van der Waals surface area contributed by atoms with Crippen molar-refractivity contribution in [2.24, 2.45) is 5.73 Å². The molecule has 1 amide bonds. The van der Waals surface area contributed by atoms with Crippen LogP contribution >= 0.6 is 0 Å². The van der Waals surface area contributed by atoms with Crippen LogP contribution in [0.4, 0.5) is 24.7 Å². The molecule has 138 valence electrons. The van der Waals surface area contributed by atoms with E-state index in [0.29, 0.717) is 5.69 Å². The number of nitrogens with two attached hydrogens (primary N) is 1. The first kappa shape index (κ1) is 19.2. The number of alkyl halides is 3. The quantitative estimate of drug-likeness (QED) is 0.586. The Bertz CT molecular complexity index is 807. The average molecular weight is 367 g/mol. The molecule has 0 fully saturated rings. The first-order chi connectivity index (χ1) is 12.2. The van der Waals surface area contributed by atoms with Gasteiger partial charge in [0.1, 0.15) is 11.6 Å². The summed E-state index contributed by atoms with van der Waals surface area (Å²) in [5.74, 6) is -0.603. The molecule has 0 saturated heterocycles. The van der Waals surface area contributed by atoms with Gasteiger partial charge in [-0.1, -0.05) is 0 Å². The molecule has 0 aliphatic carbocycles. The summed E-state index contributed by atoms with van der Waals surface area (Å²) >= 11 is 0. The highest BCUT2D eigenvalue weighted by atomic mass is 19.4. The fourth-order valence-corrected chi connectivity index (χ4v) is 2.16. The van der Waals surface area contributed by atoms with Crippen molar-refractivity contribution in [3.63, 3.8) is 0 Å². The maximum atomic E-state index is 12.2. The topological polar surface area (TPSA) is 113 Å². The lowest BCUT2D eigenvalue weighted by Crippen LogP contribution is -2.25. The fourth-order valence-electron chi connectivity index (χ4n) is 2.16. The van der Waals surface area contributed by atoms with E-state index in [0.717, 1.165) is 12.1 Å². The van der Waals surface area contributed by atoms with Gasteiger partial charge in [0.25, 0.3) is 5.91 Å². The normalized spacial score (nSPS) is 11.0. The van der Waals surface area contributed by atoms with Crippen LogP contribution in [0, 0.1) is 5.41 Å². The van der Waals surface area contributed by atoms with Crippen LogP contribution in [0.5, 0.6) is 5.75 Å². The van der Waals surface area contributed by atoms with Crippen LogP contribution in [0.3, 0.4) is 0 Å². The largest absolute Gasteiger partial charge is 0.573 e. The first-order valence-electron chi connectivity index (χ1n) is 7.37. The van der Waals surface area contributed by atoms with Gasteiger partial charge in [-0.05, 0) is 30.3 Å². The summed E-state index contributed by atoms with van der Waals surface area (Å²) in [5.41, 5.74) is 6.32. The second-order valence-electron chi connectivity index (χ2n) is 5.04. The van der Waals surface area contributed by atoms with Gasteiger partial charge in [0.05, 0.1) is 16.8 Å². The first-order valence-corrected chi connectivity index (χ1v) is 7.37. The van der Waals surface area contributed by atoms with E-state index in [2.05, 4.69) is 20.4 Å². The highest BCUT2D eigenvalue weighted by Gasteiger charge is 2.31. The third kappa shape index (κ3) is 4.70. The lowest BCUT2D eigenvalue weighted by molar-refractivity contribution is -0.274. The number of ether oxygens (including phenoxy) is 1. The summed E-state index contributed by atoms with van der Waals surface area (Å²) in [5, 5.41) is 13.3. The van der Waals surface area contributed by atoms with Gasteiger partial charge in [-0.25, -0.2) is 4.98 Å². The second-order valence-corrected chi connectivity index (χ2v) is 5.04. The maximum absolute atomic E-state index is 12.2. The number of nitrogens with one attached hydrogen (secondary N) is 3. The number of nitrogens with zero attached hydrogens (tertiary/aromatic N) is 1. The Hall–Kier alpha value is -3.14. The van der Waals surface area contributed by atoms with E-state index >= 15 is 0 Å². The van der Waals surface area contributed by atoms with Gasteiger partial charge in [-0.15, -0.1) is 13.2 Å². The molecule has 1 aromatic carbocycles. The van der Waals surface area contributed by atoms with Crippen LogP contribution in [-0.4, -0.2) is 36.6 Å². The number of carbonyl (C=O) groups is 1. The zero-order valence-corrected chi connectivity index (χ0v) is 13.6. The zero-order chi connectivity index (χ0) is 19.3. The van der Waals surface area contributed by atoms with E-state index in [1.807, 2.05) is 0 Å². The van der Waals surface area contributed by atoms with Gasteiger partial charge in [0.2, 0.25) is 0 Å². The molecular formula is C16H16F3N5O2. The highest BCUT2D eigenvalue weighted by Crippen LogP contribution is 2.26. The van der Waals surface area contributed by atoms with Gasteiger partial charge in [-0.2, -0.15) is 0 Å². The van der Waals surface area contributed by atoms with Crippen LogP contribution in [0.2, 0.25) is 0 Å². The Labute approximate surface area is 146 Å². The van der Waals surface area contributed by atoms with Crippen molar-refractivity contribution in [2.75, 3.05) is 18.9 Å². The molecule has 5 N–H and O–H groups in total. The molecule has 0 radical (unpaired) electrons. The van der Waals surface area contributed by atoms with Crippen molar-refractivity contribution < 1.29 is 22.7 Å². The Kier molecular flexibility index (Phi) is 5.78. The number of hydrogen-bond acceptors (Lipinski definition) is 6. The summed E-state index contributed by atoms with van der Waals surface area (Å²) in [7, 11) is 1.45. The number of pyridine rings is 1. The Morgan fingerprint density at radius 2 is 1.92 bits per heavy atom. The van der Waals surface area contributed by atoms with Crippen molar-refractivity contribution in [1.29, 1.82) is 5.41 Å². The molecule has 26 heavy (non-hydrogen) atoms. The summed E-state index contributed by atoms with van der Waals surface area (Å²) in [6.45, 7) is -0.122. The molecule has 0 saturated carbocycles. The van der Waals surface area contributed by atoms with E-state index < -0.39 is 12.3 Å². The van der Waals surface area contributed by atoms with E-state index in [4.69, 9.17) is 11.1 Å². The summed E-state index contributed by atoms with van der Waals surface area (Å²) in [6.07, 6.45) is -3.40. The van der Waals surface area contributed by atoms with E-state index in [9.17, 15) is 18.0 Å². The molecule has 0 aliphatic rings. The van der Waals surface area contributed by atoms with Crippen LogP contribution in [0.15, 0.2) is 36.5 Å². The molecule has 2 aromatic rings. The lowest BCUT2D eigenvalue weighted by atomic mass is 10.0. The fraction of sp³-hybridized carbons (Fsp3) is 0.188. The molecule has 1 heterocycles. The smallest absolute Gasteiger partial charge is 0.406 e. The number of amides is 1. The molecule has 0 aliphatic heterocycles. The SMILES string of the molecule is CNC(=O)c1ccnc(Nc2ccc(OC(F)(F)F)cc2)c1C(=N)CN. The Morgan fingerprint density at radius 3 is 2.46 bits per heavy atom.